The average Bonchev–Trinajstić information content (AvgIpc) is 2.31. The first kappa shape index (κ1) is 12.4. The number of hydrogen-bond donors (Lipinski definition) is 3. The van der Waals surface area contributed by atoms with E-state index in [1.165, 1.54) is 6.07 Å². The van der Waals surface area contributed by atoms with Crippen LogP contribution in [0.5, 0.6) is 0 Å². The maximum absolute atomic E-state index is 11.3. The third-order valence-corrected chi connectivity index (χ3v) is 2.73. The molecule has 0 unspecified atom stereocenters. The van der Waals surface area contributed by atoms with Crippen molar-refractivity contribution < 1.29 is 4.79 Å². The number of nitrogens with two attached hydrogens (primary N) is 2. The van der Waals surface area contributed by atoms with E-state index in [-0.39, 0.29) is 0 Å². The van der Waals surface area contributed by atoms with E-state index >= 15 is 0 Å². The van der Waals surface area contributed by atoms with Crippen molar-refractivity contribution in [2.45, 2.75) is 0 Å². The molecule has 0 saturated heterocycles. The highest BCUT2D eigenvalue weighted by Crippen LogP contribution is 2.24. The molecule has 0 bridgehead atoms. The molecule has 0 aliphatic carbocycles. The van der Waals surface area contributed by atoms with Crippen LogP contribution in [0.3, 0.4) is 0 Å². The van der Waals surface area contributed by atoms with E-state index in [4.69, 9.17) is 11.5 Å². The molecular weight excluding hydrogens is 296 g/mol. The topological polar surface area (TPSA) is 94.0 Å². The first-order chi connectivity index (χ1) is 8.56. The number of benzene rings is 1. The zero-order valence-electron chi connectivity index (χ0n) is 9.35. The van der Waals surface area contributed by atoms with Gasteiger partial charge < -0.3 is 16.8 Å². The summed E-state index contributed by atoms with van der Waals surface area (Å²) in [6, 6.07) is 6.78. The minimum absolute atomic E-state index is 0.343. The highest BCUT2D eigenvalue weighted by atomic mass is 79.9. The molecule has 0 aliphatic rings. The summed E-state index contributed by atoms with van der Waals surface area (Å²) in [7, 11) is 0. The number of anilines is 3. The monoisotopic (exact) mass is 306 g/mol. The second kappa shape index (κ2) is 5.05. The Bertz CT molecular complexity index is 600. The summed E-state index contributed by atoms with van der Waals surface area (Å²) in [6.07, 6.45) is 3.31. The Hall–Kier alpha value is -2.08. The van der Waals surface area contributed by atoms with Gasteiger partial charge in [0.15, 0.2) is 0 Å². The van der Waals surface area contributed by atoms with Crippen molar-refractivity contribution in [1.29, 1.82) is 0 Å². The Balaban J connectivity index is 2.37. The van der Waals surface area contributed by atoms with Gasteiger partial charge in [0.2, 0.25) is 0 Å². The zero-order valence-corrected chi connectivity index (χ0v) is 10.9. The van der Waals surface area contributed by atoms with Gasteiger partial charge in [0, 0.05) is 16.4 Å². The van der Waals surface area contributed by atoms with Gasteiger partial charge in [-0.25, -0.2) is 0 Å². The predicted octanol–water partition coefficient (Wildman–Crippen LogP) is 2.27. The van der Waals surface area contributed by atoms with Gasteiger partial charge in [0.25, 0.3) is 5.91 Å². The maximum Gasteiger partial charge on any atom is 0.250 e. The normalized spacial score (nSPS) is 10.1. The molecule has 92 valence electrons. The molecule has 0 spiro atoms. The number of primary amides is 1. The smallest absolute Gasteiger partial charge is 0.250 e. The highest BCUT2D eigenvalue weighted by molar-refractivity contribution is 9.10. The molecule has 1 aromatic heterocycles. The van der Waals surface area contributed by atoms with Crippen molar-refractivity contribution in [1.82, 2.24) is 4.98 Å². The van der Waals surface area contributed by atoms with Crippen molar-refractivity contribution in [3.63, 3.8) is 0 Å². The number of hydrogen-bond acceptors (Lipinski definition) is 4. The molecule has 5 N–H and O–H groups in total. The molecule has 0 aliphatic heterocycles. The van der Waals surface area contributed by atoms with Crippen LogP contribution in [0.2, 0.25) is 0 Å². The average molecular weight is 307 g/mol. The maximum atomic E-state index is 11.3. The summed E-state index contributed by atoms with van der Waals surface area (Å²) in [5.41, 5.74) is 13.1. The molecule has 0 atom stereocenters. The quantitative estimate of drug-likeness (QED) is 0.758. The van der Waals surface area contributed by atoms with E-state index in [0.717, 1.165) is 10.2 Å². The molecule has 2 aromatic rings. The van der Waals surface area contributed by atoms with Crippen LogP contribution in [-0.4, -0.2) is 10.9 Å². The van der Waals surface area contributed by atoms with Gasteiger partial charge in [0.05, 0.1) is 23.1 Å². The standard InChI is InChI=1S/C12H11BrN4O/c13-7-3-9(6-16-5-7)17-11-2-1-8(14)4-10(11)12(15)18/h1-6,17H,14H2,(H2,15,18). The lowest BCUT2D eigenvalue weighted by Gasteiger charge is -2.10. The second-order valence-corrected chi connectivity index (χ2v) is 4.60. The predicted molar refractivity (Wildman–Crippen MR) is 74.6 cm³/mol. The van der Waals surface area contributed by atoms with E-state index in [1.54, 1.807) is 24.5 Å². The number of rotatable bonds is 3. The number of pyridine rings is 1. The third kappa shape index (κ3) is 2.78. The number of carbonyl (C=O) groups is 1. The van der Waals surface area contributed by atoms with Gasteiger partial charge in [-0.05, 0) is 40.2 Å². The molecule has 18 heavy (non-hydrogen) atoms. The van der Waals surface area contributed by atoms with Crippen LogP contribution in [0.4, 0.5) is 17.1 Å². The minimum atomic E-state index is -0.534. The van der Waals surface area contributed by atoms with Crippen LogP contribution >= 0.6 is 15.9 Å². The Morgan fingerprint density at radius 1 is 1.28 bits per heavy atom. The fraction of sp³-hybridized carbons (Fsp3) is 0. The molecular formula is C12H11BrN4O. The zero-order chi connectivity index (χ0) is 13.1. The number of nitrogens with one attached hydrogen (secondary N) is 1. The van der Waals surface area contributed by atoms with Crippen LogP contribution in [0.15, 0.2) is 41.1 Å². The highest BCUT2D eigenvalue weighted by Gasteiger charge is 2.09. The lowest BCUT2D eigenvalue weighted by molar-refractivity contribution is 0.100. The van der Waals surface area contributed by atoms with E-state index in [1.807, 2.05) is 6.07 Å². The second-order valence-electron chi connectivity index (χ2n) is 3.69. The Kier molecular flexibility index (Phi) is 3.47. The van der Waals surface area contributed by atoms with Gasteiger partial charge >= 0.3 is 0 Å². The molecule has 0 radical (unpaired) electrons. The van der Waals surface area contributed by atoms with Gasteiger partial charge in [-0.2, -0.15) is 0 Å². The Morgan fingerprint density at radius 3 is 2.72 bits per heavy atom. The lowest BCUT2D eigenvalue weighted by Crippen LogP contribution is -2.13. The van der Waals surface area contributed by atoms with E-state index < -0.39 is 5.91 Å². The molecule has 1 aromatic carbocycles. The largest absolute Gasteiger partial charge is 0.399 e. The third-order valence-electron chi connectivity index (χ3n) is 2.29. The van der Waals surface area contributed by atoms with Crippen molar-refractivity contribution >= 4 is 38.9 Å². The number of amides is 1. The molecule has 0 fully saturated rings. The number of nitrogens with zero attached hydrogens (tertiary/aromatic N) is 1. The number of carbonyl (C=O) groups excluding carboxylic acids is 1. The van der Waals surface area contributed by atoms with Gasteiger partial charge in [-0.3, -0.25) is 9.78 Å². The summed E-state index contributed by atoms with van der Waals surface area (Å²) >= 11 is 3.32. The molecule has 6 heteroatoms. The van der Waals surface area contributed by atoms with E-state index in [2.05, 4.69) is 26.2 Å². The van der Waals surface area contributed by atoms with Crippen molar-refractivity contribution in [3.8, 4) is 0 Å². The van der Waals surface area contributed by atoms with E-state index in [9.17, 15) is 4.79 Å². The summed E-state index contributed by atoms with van der Waals surface area (Å²) in [5, 5.41) is 3.07. The minimum Gasteiger partial charge on any atom is -0.399 e. The summed E-state index contributed by atoms with van der Waals surface area (Å²) in [4.78, 5) is 15.4. The molecule has 2 rings (SSSR count). The summed E-state index contributed by atoms with van der Waals surface area (Å²) in [6.45, 7) is 0. The van der Waals surface area contributed by atoms with Gasteiger partial charge in [-0.1, -0.05) is 0 Å². The molecule has 5 nitrogen and oxygen atoms in total. The van der Waals surface area contributed by atoms with Gasteiger partial charge in [-0.15, -0.1) is 0 Å². The van der Waals surface area contributed by atoms with Crippen LogP contribution in [0, 0.1) is 0 Å². The van der Waals surface area contributed by atoms with Crippen LogP contribution < -0.4 is 16.8 Å². The molecule has 1 heterocycles. The SMILES string of the molecule is NC(=O)c1cc(N)ccc1Nc1cncc(Br)c1. The van der Waals surface area contributed by atoms with Crippen molar-refractivity contribution in [2.75, 3.05) is 11.1 Å². The van der Waals surface area contributed by atoms with Crippen molar-refractivity contribution in [3.05, 3.63) is 46.7 Å². The number of nitrogen functional groups attached to an aromatic ring is 1. The number of halogens is 1. The lowest BCUT2D eigenvalue weighted by atomic mass is 10.1. The van der Waals surface area contributed by atoms with Crippen LogP contribution in [0.1, 0.15) is 10.4 Å². The number of aromatic nitrogens is 1. The molecule has 0 saturated carbocycles. The van der Waals surface area contributed by atoms with Gasteiger partial charge in [0.1, 0.15) is 0 Å². The Labute approximate surface area is 112 Å². The van der Waals surface area contributed by atoms with Crippen LogP contribution in [-0.2, 0) is 0 Å². The summed E-state index contributed by atoms with van der Waals surface area (Å²) < 4.78 is 0.837. The van der Waals surface area contributed by atoms with E-state index in [0.29, 0.717) is 16.9 Å². The Morgan fingerprint density at radius 2 is 2.06 bits per heavy atom. The summed E-state index contributed by atoms with van der Waals surface area (Å²) in [5.74, 6) is -0.534. The first-order valence-corrected chi connectivity index (χ1v) is 5.92. The molecule has 1 amide bonds. The van der Waals surface area contributed by atoms with Crippen molar-refractivity contribution in [2.24, 2.45) is 5.73 Å². The van der Waals surface area contributed by atoms with Crippen LogP contribution in [0.25, 0.3) is 0 Å². The fourth-order valence-corrected chi connectivity index (χ4v) is 1.88. The fourth-order valence-electron chi connectivity index (χ4n) is 1.51. The first-order valence-electron chi connectivity index (χ1n) is 5.13.